The Kier molecular flexibility index (Phi) is 7.34. The molecule has 2 aromatic rings. The minimum Gasteiger partial charge on any atom is -0.325 e. The Morgan fingerprint density at radius 2 is 2.10 bits per heavy atom. The maximum Gasteiger partial charge on any atom is 0.225 e. The molecule has 0 aliphatic heterocycles. The van der Waals surface area contributed by atoms with Crippen molar-refractivity contribution in [2.24, 2.45) is 11.3 Å². The first-order valence-electron chi connectivity index (χ1n) is 9.98. The molecule has 1 aromatic carbocycles. The number of benzene rings is 1. The summed E-state index contributed by atoms with van der Waals surface area (Å²) in [5, 5.41) is 14.0. The Bertz CT molecular complexity index is 995. The van der Waals surface area contributed by atoms with Gasteiger partial charge in [-0.05, 0) is 60.4 Å². The van der Waals surface area contributed by atoms with Crippen LogP contribution in [-0.2, 0) is 17.6 Å². The number of carbonyl (C=O) groups is 1. The van der Waals surface area contributed by atoms with Crippen LogP contribution in [0, 0.1) is 22.7 Å². The third-order valence-corrected chi connectivity index (χ3v) is 7.03. The molecule has 1 N–H and O–H groups in total. The molecular formula is C23H25Cl2N3OS. The number of amides is 1. The molecule has 7 heteroatoms. The van der Waals surface area contributed by atoms with Crippen molar-refractivity contribution in [3.8, 4) is 6.07 Å². The fourth-order valence-corrected chi connectivity index (χ4v) is 4.87. The first-order valence-corrected chi connectivity index (χ1v) is 11.7. The molecule has 0 bridgehead atoms. The van der Waals surface area contributed by atoms with Crippen LogP contribution in [0.1, 0.15) is 50.4 Å². The van der Waals surface area contributed by atoms with Gasteiger partial charge in [0, 0.05) is 22.9 Å². The number of fused-ring (bicyclic) bond motifs is 1. The number of halogens is 2. The number of hydrogen-bond donors (Lipinski definition) is 1. The third kappa shape index (κ3) is 5.69. The number of nitrogens with zero attached hydrogens (tertiary/aromatic N) is 2. The van der Waals surface area contributed by atoms with Crippen LogP contribution < -0.4 is 5.32 Å². The second-order valence-corrected chi connectivity index (χ2v) is 10.6. The average molecular weight is 462 g/mol. The molecule has 0 spiro atoms. The molecule has 1 aliphatic rings. The summed E-state index contributed by atoms with van der Waals surface area (Å²) < 4.78 is 0. The number of pyridine rings is 1. The summed E-state index contributed by atoms with van der Waals surface area (Å²) in [6.45, 7) is 6.81. The van der Waals surface area contributed by atoms with E-state index < -0.39 is 0 Å². The van der Waals surface area contributed by atoms with Gasteiger partial charge in [-0.3, -0.25) is 4.79 Å². The first-order chi connectivity index (χ1) is 14.2. The van der Waals surface area contributed by atoms with Gasteiger partial charge in [-0.15, -0.1) is 11.8 Å². The van der Waals surface area contributed by atoms with Gasteiger partial charge in [0.25, 0.3) is 0 Å². The number of nitriles is 1. The van der Waals surface area contributed by atoms with E-state index >= 15 is 0 Å². The van der Waals surface area contributed by atoms with Crippen molar-refractivity contribution in [1.82, 2.24) is 4.98 Å². The molecular weight excluding hydrogens is 437 g/mol. The van der Waals surface area contributed by atoms with Crippen molar-refractivity contribution in [3.05, 3.63) is 51.1 Å². The van der Waals surface area contributed by atoms with E-state index in [-0.39, 0.29) is 17.7 Å². The maximum absolute atomic E-state index is 12.3. The van der Waals surface area contributed by atoms with Crippen LogP contribution in [0.5, 0.6) is 0 Å². The molecule has 1 unspecified atom stereocenters. The molecule has 158 valence electrons. The van der Waals surface area contributed by atoms with Gasteiger partial charge in [0.2, 0.25) is 5.91 Å². The van der Waals surface area contributed by atoms with E-state index in [2.05, 4.69) is 32.2 Å². The minimum atomic E-state index is -0.156. The van der Waals surface area contributed by atoms with Crippen molar-refractivity contribution in [1.29, 1.82) is 5.26 Å². The van der Waals surface area contributed by atoms with E-state index in [4.69, 9.17) is 28.2 Å². The zero-order valence-corrected chi connectivity index (χ0v) is 19.7. The van der Waals surface area contributed by atoms with Crippen molar-refractivity contribution < 1.29 is 4.79 Å². The number of aryl methyl sites for hydroxylation is 1. The molecule has 30 heavy (non-hydrogen) atoms. The van der Waals surface area contributed by atoms with Gasteiger partial charge in [-0.25, -0.2) is 4.98 Å². The zero-order valence-electron chi connectivity index (χ0n) is 17.4. The van der Waals surface area contributed by atoms with Crippen LogP contribution in [0.25, 0.3) is 0 Å². The predicted octanol–water partition coefficient (Wildman–Crippen LogP) is 6.53. The molecule has 0 fully saturated rings. The lowest BCUT2D eigenvalue weighted by Gasteiger charge is -2.34. The van der Waals surface area contributed by atoms with Crippen LogP contribution in [0.2, 0.25) is 10.0 Å². The van der Waals surface area contributed by atoms with Crippen molar-refractivity contribution in [2.45, 2.75) is 51.5 Å². The normalized spacial score (nSPS) is 15.9. The SMILES string of the molecule is CC(C)(C)C1CCc2nc(SCCC(=O)Nc3cc(Cl)ccc3Cl)c(C#N)cc2C1. The molecule has 4 nitrogen and oxygen atoms in total. The quantitative estimate of drug-likeness (QED) is 0.513. The lowest BCUT2D eigenvalue weighted by Crippen LogP contribution is -2.27. The summed E-state index contributed by atoms with van der Waals surface area (Å²) in [6.07, 6.45) is 3.30. The van der Waals surface area contributed by atoms with Gasteiger partial charge in [0.05, 0.1) is 16.3 Å². The fraction of sp³-hybridized carbons (Fsp3) is 0.435. The van der Waals surface area contributed by atoms with Gasteiger partial charge >= 0.3 is 0 Å². The van der Waals surface area contributed by atoms with Crippen LogP contribution in [0.15, 0.2) is 29.3 Å². The summed E-state index contributed by atoms with van der Waals surface area (Å²) in [4.78, 5) is 17.0. The standard InChI is InChI=1S/C23H25Cl2N3OS/c1-23(2,3)16-4-7-19-14(11-16)10-15(13-26)22(28-19)30-9-8-21(29)27-20-12-17(24)5-6-18(20)25/h5-6,10,12,16H,4,7-9,11H2,1-3H3,(H,27,29). The highest BCUT2D eigenvalue weighted by molar-refractivity contribution is 7.99. The van der Waals surface area contributed by atoms with Crippen LogP contribution in [-0.4, -0.2) is 16.6 Å². The minimum absolute atomic E-state index is 0.156. The van der Waals surface area contributed by atoms with Crippen molar-refractivity contribution >= 4 is 46.6 Å². The second kappa shape index (κ2) is 9.60. The Morgan fingerprint density at radius 3 is 2.80 bits per heavy atom. The zero-order chi connectivity index (χ0) is 21.9. The topological polar surface area (TPSA) is 65.8 Å². The van der Waals surface area contributed by atoms with Crippen LogP contribution in [0.3, 0.4) is 0 Å². The van der Waals surface area contributed by atoms with E-state index in [1.807, 2.05) is 6.07 Å². The summed E-state index contributed by atoms with van der Waals surface area (Å²) in [5.74, 6) is 0.963. The Labute approximate surface area is 192 Å². The molecule has 3 rings (SSSR count). The lowest BCUT2D eigenvalue weighted by molar-refractivity contribution is -0.115. The lowest BCUT2D eigenvalue weighted by atomic mass is 9.71. The molecule has 1 heterocycles. The van der Waals surface area contributed by atoms with Gasteiger partial charge in [0.15, 0.2) is 0 Å². The monoisotopic (exact) mass is 461 g/mol. The molecule has 1 aromatic heterocycles. The highest BCUT2D eigenvalue weighted by Gasteiger charge is 2.30. The molecule has 1 atom stereocenters. The van der Waals surface area contributed by atoms with E-state index in [0.29, 0.717) is 38.0 Å². The number of anilines is 1. The van der Waals surface area contributed by atoms with E-state index in [9.17, 15) is 10.1 Å². The van der Waals surface area contributed by atoms with Gasteiger partial charge in [0.1, 0.15) is 11.1 Å². The van der Waals surface area contributed by atoms with Crippen molar-refractivity contribution in [3.63, 3.8) is 0 Å². The summed E-state index contributed by atoms with van der Waals surface area (Å²) in [7, 11) is 0. The summed E-state index contributed by atoms with van der Waals surface area (Å²) in [6, 6.07) is 9.21. The van der Waals surface area contributed by atoms with Gasteiger partial charge in [-0.2, -0.15) is 5.26 Å². The molecule has 0 saturated heterocycles. The molecule has 1 amide bonds. The van der Waals surface area contributed by atoms with Crippen molar-refractivity contribution in [2.75, 3.05) is 11.1 Å². The highest BCUT2D eigenvalue weighted by Crippen LogP contribution is 2.38. The number of aromatic nitrogens is 1. The third-order valence-electron chi connectivity index (χ3n) is 5.47. The van der Waals surface area contributed by atoms with E-state index in [0.717, 1.165) is 25.0 Å². The number of nitrogens with one attached hydrogen (secondary N) is 1. The van der Waals surface area contributed by atoms with Gasteiger partial charge < -0.3 is 5.32 Å². The molecule has 0 radical (unpaired) electrons. The number of rotatable bonds is 5. The molecule has 1 aliphatic carbocycles. The predicted molar refractivity (Wildman–Crippen MR) is 124 cm³/mol. The largest absolute Gasteiger partial charge is 0.325 e. The van der Waals surface area contributed by atoms with Crippen LogP contribution >= 0.6 is 35.0 Å². The second-order valence-electron chi connectivity index (χ2n) is 8.64. The smallest absolute Gasteiger partial charge is 0.225 e. The van der Waals surface area contributed by atoms with Crippen LogP contribution in [0.4, 0.5) is 5.69 Å². The maximum atomic E-state index is 12.3. The van der Waals surface area contributed by atoms with Gasteiger partial charge in [-0.1, -0.05) is 44.0 Å². The Balaban J connectivity index is 1.63. The fourth-order valence-electron chi connectivity index (χ4n) is 3.62. The number of carbonyl (C=O) groups excluding carboxylic acids is 1. The Morgan fingerprint density at radius 1 is 1.33 bits per heavy atom. The summed E-state index contributed by atoms with van der Waals surface area (Å²) >= 11 is 13.5. The highest BCUT2D eigenvalue weighted by atomic mass is 35.5. The first kappa shape index (κ1) is 22.9. The Hall–Kier alpha value is -1.74. The van der Waals surface area contributed by atoms with E-state index in [1.165, 1.54) is 17.3 Å². The summed E-state index contributed by atoms with van der Waals surface area (Å²) in [5.41, 5.74) is 3.61. The average Bonchev–Trinajstić information content (AvgIpc) is 2.69. The van der Waals surface area contributed by atoms with E-state index in [1.54, 1.807) is 18.2 Å². The number of hydrogen-bond acceptors (Lipinski definition) is 4. The number of thioether (sulfide) groups is 1. The molecule has 0 saturated carbocycles.